The quantitative estimate of drug-likeness (QED) is 0.507. The van der Waals surface area contributed by atoms with Crippen molar-refractivity contribution in [2.45, 2.75) is 32.7 Å². The molecule has 0 rings (SSSR count). The van der Waals surface area contributed by atoms with Crippen LogP contribution in [0.5, 0.6) is 0 Å². The van der Waals surface area contributed by atoms with Crippen molar-refractivity contribution in [3.05, 3.63) is 0 Å². The van der Waals surface area contributed by atoms with E-state index in [4.69, 9.17) is 9.47 Å². The van der Waals surface area contributed by atoms with Crippen LogP contribution < -0.4 is 5.32 Å². The van der Waals surface area contributed by atoms with Gasteiger partial charge in [0.15, 0.2) is 0 Å². The highest BCUT2D eigenvalue weighted by atomic mass is 32.2. The predicted octanol–water partition coefficient (Wildman–Crippen LogP) is 0.689. The van der Waals surface area contributed by atoms with Gasteiger partial charge in [0.05, 0.1) is 19.0 Å². The predicted molar refractivity (Wildman–Crippen MR) is 81.5 cm³/mol. The zero-order chi connectivity index (χ0) is 15.4. The zero-order valence-corrected chi connectivity index (χ0v) is 14.0. The van der Waals surface area contributed by atoms with E-state index >= 15 is 0 Å². The Kier molecular flexibility index (Phi) is 11.3. The fraction of sp³-hybridized carbons (Fsp3) is 1.00. The summed E-state index contributed by atoms with van der Waals surface area (Å²) in [4.78, 5) is 0. The SMILES string of the molecule is CCNCCCCS(=O)(=O)N(CCOC)C(C)COC. The Labute approximate surface area is 123 Å². The molecule has 1 atom stereocenters. The smallest absolute Gasteiger partial charge is 0.214 e. The Balaban J connectivity index is 4.43. The van der Waals surface area contributed by atoms with Crippen LogP contribution in [0.4, 0.5) is 0 Å². The molecule has 0 spiro atoms. The first-order chi connectivity index (χ1) is 9.49. The molecular formula is C13H30N2O4S. The third kappa shape index (κ3) is 8.16. The normalized spacial score (nSPS) is 13.8. The van der Waals surface area contributed by atoms with Crippen molar-refractivity contribution in [2.75, 3.05) is 52.8 Å². The average molecular weight is 310 g/mol. The van der Waals surface area contributed by atoms with E-state index in [1.807, 2.05) is 13.8 Å². The van der Waals surface area contributed by atoms with E-state index in [0.29, 0.717) is 26.2 Å². The molecule has 0 heterocycles. The van der Waals surface area contributed by atoms with E-state index < -0.39 is 10.0 Å². The van der Waals surface area contributed by atoms with Crippen molar-refractivity contribution in [2.24, 2.45) is 0 Å². The first kappa shape index (κ1) is 19.8. The van der Waals surface area contributed by atoms with Gasteiger partial charge in [-0.05, 0) is 32.9 Å². The summed E-state index contributed by atoms with van der Waals surface area (Å²) >= 11 is 0. The van der Waals surface area contributed by atoms with Crippen molar-refractivity contribution < 1.29 is 17.9 Å². The van der Waals surface area contributed by atoms with Crippen LogP contribution >= 0.6 is 0 Å². The van der Waals surface area contributed by atoms with Crippen LogP contribution in [0.15, 0.2) is 0 Å². The Morgan fingerprint density at radius 1 is 1.20 bits per heavy atom. The first-order valence-electron chi connectivity index (χ1n) is 7.17. The molecule has 0 saturated carbocycles. The molecular weight excluding hydrogens is 280 g/mol. The summed E-state index contributed by atoms with van der Waals surface area (Å²) in [5.41, 5.74) is 0. The third-order valence-electron chi connectivity index (χ3n) is 3.03. The summed E-state index contributed by atoms with van der Waals surface area (Å²) in [6, 6.07) is -0.172. The number of methoxy groups -OCH3 is 2. The lowest BCUT2D eigenvalue weighted by atomic mass is 10.3. The summed E-state index contributed by atoms with van der Waals surface area (Å²) < 4.78 is 36.3. The number of sulfonamides is 1. The van der Waals surface area contributed by atoms with Gasteiger partial charge in [0.1, 0.15) is 0 Å². The molecule has 0 aromatic heterocycles. The van der Waals surface area contributed by atoms with E-state index in [2.05, 4.69) is 5.32 Å². The fourth-order valence-corrected chi connectivity index (χ4v) is 3.73. The molecule has 0 aromatic carbocycles. The van der Waals surface area contributed by atoms with E-state index in [1.54, 1.807) is 14.2 Å². The van der Waals surface area contributed by atoms with Gasteiger partial charge in [0.2, 0.25) is 10.0 Å². The van der Waals surface area contributed by atoms with Crippen molar-refractivity contribution in [3.63, 3.8) is 0 Å². The van der Waals surface area contributed by atoms with Crippen LogP contribution in [-0.2, 0) is 19.5 Å². The van der Waals surface area contributed by atoms with E-state index in [1.165, 1.54) is 4.31 Å². The molecule has 0 fully saturated rings. The van der Waals surface area contributed by atoms with Gasteiger partial charge in [-0.1, -0.05) is 6.92 Å². The van der Waals surface area contributed by atoms with Gasteiger partial charge in [-0.2, -0.15) is 4.31 Å². The standard InChI is InChI=1S/C13H30N2O4S/c1-5-14-8-6-7-11-20(16,17)15(9-10-18-3)13(2)12-19-4/h13-14H,5-12H2,1-4H3. The second kappa shape index (κ2) is 11.4. The van der Waals surface area contributed by atoms with Crippen LogP contribution in [0.25, 0.3) is 0 Å². The second-order valence-corrected chi connectivity index (χ2v) is 6.83. The number of ether oxygens (including phenoxy) is 2. The summed E-state index contributed by atoms with van der Waals surface area (Å²) in [5, 5.41) is 3.19. The number of hydrogen-bond donors (Lipinski definition) is 1. The molecule has 0 aliphatic heterocycles. The average Bonchev–Trinajstić information content (AvgIpc) is 2.39. The highest BCUT2D eigenvalue weighted by molar-refractivity contribution is 7.89. The number of nitrogens with one attached hydrogen (secondary N) is 1. The molecule has 7 heteroatoms. The van der Waals surface area contributed by atoms with Gasteiger partial charge < -0.3 is 14.8 Å². The largest absolute Gasteiger partial charge is 0.383 e. The molecule has 1 unspecified atom stereocenters. The molecule has 1 N–H and O–H groups in total. The van der Waals surface area contributed by atoms with Crippen LogP contribution in [0.1, 0.15) is 26.7 Å². The number of unbranched alkanes of at least 4 members (excludes halogenated alkanes) is 1. The number of rotatable bonds is 13. The van der Waals surface area contributed by atoms with E-state index in [9.17, 15) is 8.42 Å². The maximum absolute atomic E-state index is 12.4. The Hall–Kier alpha value is -0.210. The lowest BCUT2D eigenvalue weighted by Crippen LogP contribution is -2.44. The molecule has 0 bridgehead atoms. The fourth-order valence-electron chi connectivity index (χ4n) is 1.97. The lowest BCUT2D eigenvalue weighted by molar-refractivity contribution is 0.119. The maximum atomic E-state index is 12.4. The zero-order valence-electron chi connectivity index (χ0n) is 13.2. The highest BCUT2D eigenvalue weighted by Gasteiger charge is 2.26. The molecule has 6 nitrogen and oxygen atoms in total. The van der Waals surface area contributed by atoms with E-state index in [-0.39, 0.29) is 11.8 Å². The number of hydrogen-bond acceptors (Lipinski definition) is 5. The molecule has 0 aromatic rings. The van der Waals surface area contributed by atoms with E-state index in [0.717, 1.165) is 19.5 Å². The minimum Gasteiger partial charge on any atom is -0.383 e. The third-order valence-corrected chi connectivity index (χ3v) is 5.09. The van der Waals surface area contributed by atoms with Gasteiger partial charge in [-0.15, -0.1) is 0 Å². The molecule has 0 aliphatic rings. The van der Waals surface area contributed by atoms with Crippen LogP contribution in [0.2, 0.25) is 0 Å². The monoisotopic (exact) mass is 310 g/mol. The van der Waals surface area contributed by atoms with Crippen LogP contribution in [0, 0.1) is 0 Å². The maximum Gasteiger partial charge on any atom is 0.214 e. The van der Waals surface area contributed by atoms with Gasteiger partial charge in [0, 0.05) is 26.8 Å². The molecule has 0 saturated heterocycles. The first-order valence-corrected chi connectivity index (χ1v) is 8.78. The molecule has 0 radical (unpaired) electrons. The molecule has 122 valence electrons. The van der Waals surface area contributed by atoms with Crippen molar-refractivity contribution >= 4 is 10.0 Å². The number of nitrogens with zero attached hydrogens (tertiary/aromatic N) is 1. The van der Waals surface area contributed by atoms with Gasteiger partial charge in [-0.3, -0.25) is 0 Å². The molecule has 20 heavy (non-hydrogen) atoms. The van der Waals surface area contributed by atoms with Gasteiger partial charge in [0.25, 0.3) is 0 Å². The minimum absolute atomic E-state index is 0.172. The van der Waals surface area contributed by atoms with Crippen molar-refractivity contribution in [1.82, 2.24) is 9.62 Å². The van der Waals surface area contributed by atoms with Gasteiger partial charge >= 0.3 is 0 Å². The Bertz CT molecular complexity index is 322. The Morgan fingerprint density at radius 3 is 2.45 bits per heavy atom. The van der Waals surface area contributed by atoms with Gasteiger partial charge in [-0.25, -0.2) is 8.42 Å². The van der Waals surface area contributed by atoms with Crippen molar-refractivity contribution in [1.29, 1.82) is 0 Å². The highest BCUT2D eigenvalue weighted by Crippen LogP contribution is 2.10. The van der Waals surface area contributed by atoms with Crippen LogP contribution in [0.3, 0.4) is 0 Å². The summed E-state index contributed by atoms with van der Waals surface area (Å²) in [6.07, 6.45) is 1.53. The Morgan fingerprint density at radius 2 is 1.90 bits per heavy atom. The molecule has 0 aliphatic carbocycles. The van der Waals surface area contributed by atoms with Crippen molar-refractivity contribution in [3.8, 4) is 0 Å². The summed E-state index contributed by atoms with van der Waals surface area (Å²) in [5.74, 6) is 0.177. The molecule has 0 amide bonds. The lowest BCUT2D eigenvalue weighted by Gasteiger charge is -2.27. The topological polar surface area (TPSA) is 67.9 Å². The minimum atomic E-state index is -3.26. The van der Waals surface area contributed by atoms with Crippen LogP contribution in [-0.4, -0.2) is 71.6 Å². The second-order valence-electron chi connectivity index (χ2n) is 4.78. The summed E-state index contributed by atoms with van der Waals surface area (Å²) in [6.45, 7) is 6.82. The summed E-state index contributed by atoms with van der Waals surface area (Å²) in [7, 11) is -0.109.